The van der Waals surface area contributed by atoms with E-state index in [4.69, 9.17) is 10.5 Å². The topological polar surface area (TPSA) is 92.0 Å². The van der Waals surface area contributed by atoms with Crippen molar-refractivity contribution in [2.45, 2.75) is 45.2 Å². The zero-order valence-electron chi connectivity index (χ0n) is 16.9. The van der Waals surface area contributed by atoms with Crippen LogP contribution in [-0.4, -0.2) is 56.1 Å². The second-order valence-electron chi connectivity index (χ2n) is 6.99. The van der Waals surface area contributed by atoms with E-state index in [0.29, 0.717) is 18.3 Å². The average molecular weight is 503 g/mol. The molecule has 1 saturated heterocycles. The van der Waals surface area contributed by atoms with Crippen molar-refractivity contribution < 1.29 is 9.53 Å². The average Bonchev–Trinajstić information content (AvgIpc) is 2.67. The van der Waals surface area contributed by atoms with Gasteiger partial charge in [0, 0.05) is 32.7 Å². The summed E-state index contributed by atoms with van der Waals surface area (Å²) in [6, 6.07) is 8.29. The summed E-state index contributed by atoms with van der Waals surface area (Å²) in [5.74, 6) is 0.930. The Labute approximate surface area is 185 Å². The van der Waals surface area contributed by atoms with E-state index in [2.05, 4.69) is 27.4 Å². The molecule has 28 heavy (non-hydrogen) atoms. The highest BCUT2D eigenvalue weighted by Crippen LogP contribution is 2.16. The third kappa shape index (κ3) is 9.09. The third-order valence-corrected chi connectivity index (χ3v) is 4.82. The largest absolute Gasteiger partial charge is 0.484 e. The van der Waals surface area contributed by atoms with Gasteiger partial charge in [-0.1, -0.05) is 18.6 Å². The lowest BCUT2D eigenvalue weighted by atomic mass is 10.0. The van der Waals surface area contributed by atoms with E-state index in [0.717, 1.165) is 31.0 Å². The van der Waals surface area contributed by atoms with E-state index in [1.165, 1.54) is 25.8 Å². The molecule has 0 aliphatic carbocycles. The number of likely N-dealkylation sites (tertiary alicyclic amines) is 1. The van der Waals surface area contributed by atoms with Crippen LogP contribution in [0.1, 0.15) is 38.2 Å². The van der Waals surface area contributed by atoms with Gasteiger partial charge >= 0.3 is 0 Å². The van der Waals surface area contributed by atoms with Crippen molar-refractivity contribution in [3.8, 4) is 5.75 Å². The molecule has 1 unspecified atom stereocenters. The zero-order valence-corrected chi connectivity index (χ0v) is 19.3. The molecule has 0 bridgehead atoms. The molecule has 2 rings (SSSR count). The van der Waals surface area contributed by atoms with Crippen LogP contribution in [-0.2, 0) is 11.3 Å². The summed E-state index contributed by atoms with van der Waals surface area (Å²) in [7, 11) is 1.77. The number of carbonyl (C=O) groups excluding carboxylic acids is 1. The highest BCUT2D eigenvalue weighted by atomic mass is 127. The third-order valence-electron chi connectivity index (χ3n) is 4.82. The van der Waals surface area contributed by atoms with Crippen molar-refractivity contribution in [2.75, 3.05) is 33.3 Å². The van der Waals surface area contributed by atoms with Crippen molar-refractivity contribution in [3.05, 3.63) is 29.8 Å². The van der Waals surface area contributed by atoms with Crippen molar-refractivity contribution in [2.24, 2.45) is 10.7 Å². The minimum absolute atomic E-state index is 0. The number of nitrogens with one attached hydrogen (secondary N) is 2. The molecular formula is C20H34IN5O2. The molecular weight excluding hydrogens is 469 g/mol. The summed E-state index contributed by atoms with van der Waals surface area (Å²) in [4.78, 5) is 17.7. The molecule has 1 aliphatic heterocycles. The molecule has 0 radical (unpaired) electrons. The second-order valence-corrected chi connectivity index (χ2v) is 6.99. The Hall–Kier alpha value is -1.55. The van der Waals surface area contributed by atoms with E-state index >= 15 is 0 Å². The van der Waals surface area contributed by atoms with Gasteiger partial charge in [0.1, 0.15) is 5.75 Å². The molecule has 1 fully saturated rings. The number of primary amides is 1. The molecule has 1 heterocycles. The van der Waals surface area contributed by atoms with E-state index in [1.807, 2.05) is 18.2 Å². The summed E-state index contributed by atoms with van der Waals surface area (Å²) >= 11 is 0. The Balaban J connectivity index is 0.00000392. The van der Waals surface area contributed by atoms with Crippen LogP contribution >= 0.6 is 24.0 Å². The lowest BCUT2D eigenvalue weighted by molar-refractivity contribution is -0.119. The molecule has 1 aromatic rings. The van der Waals surface area contributed by atoms with E-state index in [9.17, 15) is 4.79 Å². The minimum atomic E-state index is -0.484. The second kappa shape index (κ2) is 13.6. The van der Waals surface area contributed by atoms with Gasteiger partial charge in [-0.25, -0.2) is 0 Å². The van der Waals surface area contributed by atoms with Gasteiger partial charge in [-0.3, -0.25) is 9.79 Å². The lowest BCUT2D eigenvalue weighted by Crippen LogP contribution is -2.41. The smallest absolute Gasteiger partial charge is 0.255 e. The van der Waals surface area contributed by atoms with Gasteiger partial charge in [0.05, 0.1) is 0 Å². The minimum Gasteiger partial charge on any atom is -0.484 e. The fourth-order valence-electron chi connectivity index (χ4n) is 3.28. The predicted octanol–water partition coefficient (Wildman–Crippen LogP) is 2.10. The number of aliphatic imine (C=N–C) groups is 1. The first-order valence-electron chi connectivity index (χ1n) is 9.77. The Morgan fingerprint density at radius 2 is 2.18 bits per heavy atom. The van der Waals surface area contributed by atoms with Crippen LogP contribution in [0.2, 0.25) is 0 Å². The number of hydrogen-bond acceptors (Lipinski definition) is 4. The fraction of sp³-hybridized carbons (Fsp3) is 0.600. The Morgan fingerprint density at radius 3 is 2.89 bits per heavy atom. The molecule has 1 aliphatic rings. The summed E-state index contributed by atoms with van der Waals surface area (Å²) in [6.07, 6.45) is 5.10. The number of nitrogens with two attached hydrogens (primary N) is 1. The fourth-order valence-corrected chi connectivity index (χ4v) is 3.28. The molecule has 0 spiro atoms. The number of nitrogens with zero attached hydrogens (tertiary/aromatic N) is 2. The zero-order chi connectivity index (χ0) is 19.5. The number of hydrogen-bond donors (Lipinski definition) is 3. The Bertz CT molecular complexity index is 626. The van der Waals surface area contributed by atoms with Crippen LogP contribution < -0.4 is 21.1 Å². The first kappa shape index (κ1) is 24.5. The summed E-state index contributed by atoms with van der Waals surface area (Å²) in [5, 5.41) is 6.67. The van der Waals surface area contributed by atoms with Crippen LogP contribution in [0.5, 0.6) is 5.75 Å². The van der Waals surface area contributed by atoms with Crippen molar-refractivity contribution in [1.29, 1.82) is 0 Å². The first-order valence-corrected chi connectivity index (χ1v) is 9.77. The SMILES string of the molecule is CN=C(NCCCN1CCCCC1C)NCc1cccc(OCC(N)=O)c1.I. The van der Waals surface area contributed by atoms with Gasteiger partial charge < -0.3 is 26.0 Å². The Morgan fingerprint density at radius 1 is 1.36 bits per heavy atom. The number of benzene rings is 1. The van der Waals surface area contributed by atoms with Crippen molar-refractivity contribution in [1.82, 2.24) is 15.5 Å². The molecule has 0 saturated carbocycles. The number of carbonyl (C=O) groups is 1. The lowest BCUT2D eigenvalue weighted by Gasteiger charge is -2.33. The maximum atomic E-state index is 10.8. The maximum absolute atomic E-state index is 10.8. The van der Waals surface area contributed by atoms with Crippen LogP contribution in [0.25, 0.3) is 0 Å². The van der Waals surface area contributed by atoms with Gasteiger partial charge in [-0.2, -0.15) is 0 Å². The quantitative estimate of drug-likeness (QED) is 0.208. The molecule has 1 amide bonds. The normalized spacial score (nSPS) is 17.5. The van der Waals surface area contributed by atoms with Gasteiger partial charge in [-0.15, -0.1) is 24.0 Å². The van der Waals surface area contributed by atoms with Crippen molar-refractivity contribution in [3.63, 3.8) is 0 Å². The number of guanidine groups is 1. The number of rotatable bonds is 9. The molecule has 158 valence electrons. The number of amides is 1. The molecule has 0 aromatic heterocycles. The van der Waals surface area contributed by atoms with Gasteiger partial charge in [0.25, 0.3) is 5.91 Å². The molecule has 7 nitrogen and oxygen atoms in total. The highest BCUT2D eigenvalue weighted by Gasteiger charge is 2.17. The molecule has 1 aromatic carbocycles. The molecule has 1 atom stereocenters. The van der Waals surface area contributed by atoms with E-state index in [1.54, 1.807) is 13.1 Å². The van der Waals surface area contributed by atoms with Gasteiger partial charge in [0.2, 0.25) is 0 Å². The van der Waals surface area contributed by atoms with Gasteiger partial charge in [0.15, 0.2) is 12.6 Å². The van der Waals surface area contributed by atoms with Crippen molar-refractivity contribution >= 4 is 35.8 Å². The van der Waals surface area contributed by atoms with E-state index in [-0.39, 0.29) is 30.6 Å². The van der Waals surface area contributed by atoms with Gasteiger partial charge in [-0.05, 0) is 50.4 Å². The van der Waals surface area contributed by atoms with Crippen LogP contribution in [0, 0.1) is 0 Å². The monoisotopic (exact) mass is 503 g/mol. The maximum Gasteiger partial charge on any atom is 0.255 e. The number of ether oxygens (including phenoxy) is 1. The highest BCUT2D eigenvalue weighted by molar-refractivity contribution is 14.0. The first-order chi connectivity index (χ1) is 13.1. The van der Waals surface area contributed by atoms with Crippen LogP contribution in [0.15, 0.2) is 29.3 Å². The van der Waals surface area contributed by atoms with Crippen LogP contribution in [0.4, 0.5) is 0 Å². The predicted molar refractivity (Wildman–Crippen MR) is 124 cm³/mol. The molecule has 8 heteroatoms. The number of halogens is 1. The van der Waals surface area contributed by atoms with E-state index < -0.39 is 5.91 Å². The standard InChI is InChI=1S/C20H33N5O2.HI/c1-16-7-3-4-11-25(16)12-6-10-23-20(22-2)24-14-17-8-5-9-18(13-17)27-15-19(21)26;/h5,8-9,13,16H,3-4,6-7,10-12,14-15H2,1-2H3,(H2,21,26)(H2,22,23,24);1H. The number of piperidine rings is 1. The van der Waals surface area contributed by atoms with Crippen LogP contribution in [0.3, 0.4) is 0 Å². The Kier molecular flexibility index (Phi) is 11.9. The molecule has 4 N–H and O–H groups in total. The summed E-state index contributed by atoms with van der Waals surface area (Å²) < 4.78 is 5.33. The summed E-state index contributed by atoms with van der Waals surface area (Å²) in [6.45, 7) is 6.08. The summed E-state index contributed by atoms with van der Waals surface area (Å²) in [5.41, 5.74) is 6.15.